The molecule has 0 saturated heterocycles. The maximum atomic E-state index is 12.1. The Morgan fingerprint density at radius 1 is 1.20 bits per heavy atom. The lowest BCUT2D eigenvalue weighted by Gasteiger charge is -2.24. The number of hydrogen-bond donors (Lipinski definition) is 2. The fraction of sp³-hybridized carbons (Fsp3) is 0.316. The van der Waals surface area contributed by atoms with E-state index in [0.717, 1.165) is 11.3 Å². The first-order chi connectivity index (χ1) is 11.9. The maximum Gasteiger partial charge on any atom is 0.231 e. The van der Waals surface area contributed by atoms with Gasteiger partial charge in [0.05, 0.1) is 6.54 Å². The first-order valence-corrected chi connectivity index (χ1v) is 8.45. The molecular formula is C19H20ClNO4. The zero-order valence-electron chi connectivity index (χ0n) is 13.9. The fourth-order valence-corrected chi connectivity index (χ4v) is 2.75. The van der Waals surface area contributed by atoms with Gasteiger partial charge in [0.2, 0.25) is 12.7 Å². The second-order valence-electron chi connectivity index (χ2n) is 6.25. The molecule has 0 aliphatic carbocycles. The molecule has 25 heavy (non-hydrogen) atoms. The first-order valence-electron chi connectivity index (χ1n) is 8.08. The van der Waals surface area contributed by atoms with Crippen molar-refractivity contribution in [3.8, 4) is 11.5 Å². The van der Waals surface area contributed by atoms with Crippen LogP contribution < -0.4 is 14.8 Å². The van der Waals surface area contributed by atoms with Crippen LogP contribution in [0.4, 0.5) is 0 Å². The Morgan fingerprint density at radius 2 is 1.92 bits per heavy atom. The number of fused-ring (bicyclic) bond motifs is 1. The van der Waals surface area contributed by atoms with Crippen LogP contribution >= 0.6 is 11.6 Å². The summed E-state index contributed by atoms with van der Waals surface area (Å²) >= 11 is 5.86. The molecule has 1 atom stereocenters. The summed E-state index contributed by atoms with van der Waals surface area (Å²) in [4.78, 5) is 12.1. The average Bonchev–Trinajstić information content (AvgIpc) is 3.06. The summed E-state index contributed by atoms with van der Waals surface area (Å²) in [5.41, 5.74) is 0.552. The monoisotopic (exact) mass is 361 g/mol. The SMILES string of the molecule is CC(O)(CNC(=O)CCc1ccc2c(c1)OCO2)c1ccc(Cl)cc1. The molecule has 0 saturated carbocycles. The van der Waals surface area contributed by atoms with Crippen LogP contribution in [0.1, 0.15) is 24.5 Å². The van der Waals surface area contributed by atoms with Crippen molar-refractivity contribution in [2.45, 2.75) is 25.4 Å². The number of ether oxygens (including phenoxy) is 2. The quantitative estimate of drug-likeness (QED) is 0.830. The molecule has 1 aliphatic rings. The molecule has 0 spiro atoms. The topological polar surface area (TPSA) is 67.8 Å². The van der Waals surface area contributed by atoms with Gasteiger partial charge in [0, 0.05) is 11.4 Å². The highest BCUT2D eigenvalue weighted by Crippen LogP contribution is 2.32. The molecule has 0 aromatic heterocycles. The number of carbonyl (C=O) groups is 1. The Kier molecular flexibility index (Phi) is 5.16. The van der Waals surface area contributed by atoms with Crippen molar-refractivity contribution in [3.05, 3.63) is 58.6 Å². The van der Waals surface area contributed by atoms with Gasteiger partial charge in [0.1, 0.15) is 5.60 Å². The number of benzene rings is 2. The lowest BCUT2D eigenvalue weighted by Crippen LogP contribution is -2.38. The van der Waals surface area contributed by atoms with Crippen LogP contribution in [0.15, 0.2) is 42.5 Å². The van der Waals surface area contributed by atoms with Crippen molar-refractivity contribution in [1.29, 1.82) is 0 Å². The van der Waals surface area contributed by atoms with E-state index >= 15 is 0 Å². The van der Waals surface area contributed by atoms with E-state index in [0.29, 0.717) is 29.2 Å². The van der Waals surface area contributed by atoms with E-state index in [1.54, 1.807) is 31.2 Å². The summed E-state index contributed by atoms with van der Waals surface area (Å²) in [7, 11) is 0. The van der Waals surface area contributed by atoms with Gasteiger partial charge in [-0.1, -0.05) is 29.8 Å². The van der Waals surface area contributed by atoms with E-state index in [1.165, 1.54) is 0 Å². The smallest absolute Gasteiger partial charge is 0.231 e. The lowest BCUT2D eigenvalue weighted by molar-refractivity contribution is -0.122. The molecule has 1 heterocycles. The molecule has 2 aromatic carbocycles. The fourth-order valence-electron chi connectivity index (χ4n) is 2.62. The summed E-state index contributed by atoms with van der Waals surface area (Å²) in [6, 6.07) is 12.6. The van der Waals surface area contributed by atoms with Gasteiger partial charge in [-0.05, 0) is 48.7 Å². The van der Waals surface area contributed by atoms with Crippen LogP contribution in [0.3, 0.4) is 0 Å². The summed E-state index contributed by atoms with van der Waals surface area (Å²) in [6.45, 7) is 2.03. The zero-order valence-corrected chi connectivity index (χ0v) is 14.7. The van der Waals surface area contributed by atoms with Gasteiger partial charge in [0.15, 0.2) is 11.5 Å². The Bertz CT molecular complexity index is 759. The molecule has 2 aromatic rings. The van der Waals surface area contributed by atoms with Gasteiger partial charge in [-0.25, -0.2) is 0 Å². The molecule has 132 valence electrons. The van der Waals surface area contributed by atoms with E-state index in [2.05, 4.69) is 5.32 Å². The third kappa shape index (κ3) is 4.44. The van der Waals surface area contributed by atoms with Gasteiger partial charge >= 0.3 is 0 Å². The largest absolute Gasteiger partial charge is 0.454 e. The van der Waals surface area contributed by atoms with Crippen molar-refractivity contribution < 1.29 is 19.4 Å². The predicted octanol–water partition coefficient (Wildman–Crippen LogP) is 3.03. The number of carbonyl (C=O) groups excluding carboxylic acids is 1. The molecular weight excluding hydrogens is 342 g/mol. The molecule has 1 aliphatic heterocycles. The van der Waals surface area contributed by atoms with Crippen LogP contribution in [-0.2, 0) is 16.8 Å². The molecule has 1 amide bonds. The average molecular weight is 362 g/mol. The van der Waals surface area contributed by atoms with Crippen molar-refractivity contribution in [2.24, 2.45) is 0 Å². The summed E-state index contributed by atoms with van der Waals surface area (Å²) in [5, 5.41) is 13.9. The summed E-state index contributed by atoms with van der Waals surface area (Å²) in [5.74, 6) is 1.32. The minimum Gasteiger partial charge on any atom is -0.454 e. The highest BCUT2D eigenvalue weighted by Gasteiger charge is 2.23. The molecule has 0 bridgehead atoms. The van der Waals surface area contributed by atoms with Crippen molar-refractivity contribution in [2.75, 3.05) is 13.3 Å². The Hall–Kier alpha value is -2.24. The molecule has 2 N–H and O–H groups in total. The first kappa shape index (κ1) is 17.6. The Labute approximate surface area is 151 Å². The predicted molar refractivity (Wildman–Crippen MR) is 94.9 cm³/mol. The lowest BCUT2D eigenvalue weighted by atomic mass is 9.96. The molecule has 0 fully saturated rings. The van der Waals surface area contributed by atoms with Gasteiger partial charge in [-0.15, -0.1) is 0 Å². The third-order valence-corrected chi connectivity index (χ3v) is 4.43. The van der Waals surface area contributed by atoms with Crippen LogP contribution in [0, 0.1) is 0 Å². The number of amides is 1. The minimum atomic E-state index is -1.15. The summed E-state index contributed by atoms with van der Waals surface area (Å²) in [6.07, 6.45) is 0.919. The van der Waals surface area contributed by atoms with E-state index < -0.39 is 5.60 Å². The summed E-state index contributed by atoms with van der Waals surface area (Å²) < 4.78 is 10.6. The van der Waals surface area contributed by atoms with E-state index in [-0.39, 0.29) is 19.2 Å². The van der Waals surface area contributed by atoms with Crippen molar-refractivity contribution in [3.63, 3.8) is 0 Å². The van der Waals surface area contributed by atoms with Crippen LogP contribution in [0.2, 0.25) is 5.02 Å². The minimum absolute atomic E-state index is 0.119. The van der Waals surface area contributed by atoms with Crippen LogP contribution in [0.5, 0.6) is 11.5 Å². The normalized spacial score (nSPS) is 14.8. The van der Waals surface area contributed by atoms with Gasteiger partial charge < -0.3 is 19.9 Å². The molecule has 6 heteroatoms. The number of hydrogen-bond acceptors (Lipinski definition) is 4. The zero-order chi connectivity index (χ0) is 17.9. The Morgan fingerprint density at radius 3 is 2.68 bits per heavy atom. The van der Waals surface area contributed by atoms with E-state index in [9.17, 15) is 9.90 Å². The molecule has 1 unspecified atom stereocenters. The highest BCUT2D eigenvalue weighted by molar-refractivity contribution is 6.30. The molecule has 0 radical (unpaired) electrons. The maximum absolute atomic E-state index is 12.1. The van der Waals surface area contributed by atoms with E-state index in [4.69, 9.17) is 21.1 Å². The van der Waals surface area contributed by atoms with Crippen LogP contribution in [-0.4, -0.2) is 24.4 Å². The van der Waals surface area contributed by atoms with Gasteiger partial charge in [-0.2, -0.15) is 0 Å². The standard InChI is InChI=1S/C19H20ClNO4/c1-19(23,14-4-6-15(20)7-5-14)11-21-18(22)9-3-13-2-8-16-17(10-13)25-12-24-16/h2,4-8,10,23H,3,9,11-12H2,1H3,(H,21,22). The number of aryl methyl sites for hydroxylation is 1. The van der Waals surface area contributed by atoms with Crippen LogP contribution in [0.25, 0.3) is 0 Å². The number of nitrogens with one attached hydrogen (secondary N) is 1. The van der Waals surface area contributed by atoms with Gasteiger partial charge in [0.25, 0.3) is 0 Å². The van der Waals surface area contributed by atoms with Crippen molar-refractivity contribution >= 4 is 17.5 Å². The number of aliphatic hydroxyl groups is 1. The Balaban J connectivity index is 1.50. The number of rotatable bonds is 6. The van der Waals surface area contributed by atoms with Crippen molar-refractivity contribution in [1.82, 2.24) is 5.32 Å². The van der Waals surface area contributed by atoms with Gasteiger partial charge in [-0.3, -0.25) is 4.79 Å². The highest BCUT2D eigenvalue weighted by atomic mass is 35.5. The van der Waals surface area contributed by atoms with E-state index in [1.807, 2.05) is 18.2 Å². The molecule has 5 nitrogen and oxygen atoms in total. The molecule has 3 rings (SSSR count). The second kappa shape index (κ2) is 7.33. The second-order valence-corrected chi connectivity index (χ2v) is 6.68. The number of halogens is 1. The third-order valence-electron chi connectivity index (χ3n) is 4.17.